The van der Waals surface area contributed by atoms with Crippen molar-refractivity contribution in [2.75, 3.05) is 27.9 Å². The van der Waals surface area contributed by atoms with Crippen LogP contribution in [0.2, 0.25) is 0 Å². The van der Waals surface area contributed by atoms with Gasteiger partial charge in [0.25, 0.3) is 0 Å². The molecule has 0 radical (unpaired) electrons. The number of nitrogens with one attached hydrogen (secondary N) is 2. The average molecular weight is 322 g/mol. The predicted molar refractivity (Wildman–Crippen MR) is 88.2 cm³/mol. The highest BCUT2D eigenvalue weighted by Gasteiger charge is 2.38. The van der Waals surface area contributed by atoms with Crippen molar-refractivity contribution < 1.29 is 19.0 Å². The largest absolute Gasteiger partial charge is 0.493 e. The van der Waals surface area contributed by atoms with E-state index in [-0.39, 0.29) is 5.91 Å². The number of carbonyl (C=O) groups excluding carboxylic acids is 1. The van der Waals surface area contributed by atoms with Gasteiger partial charge in [-0.15, -0.1) is 0 Å². The molecule has 0 aliphatic carbocycles. The van der Waals surface area contributed by atoms with E-state index in [2.05, 4.69) is 10.6 Å². The van der Waals surface area contributed by atoms with E-state index in [0.29, 0.717) is 23.8 Å². The smallest absolute Gasteiger partial charge is 0.240 e. The molecule has 6 nitrogen and oxygen atoms in total. The lowest BCUT2D eigenvalue weighted by molar-refractivity contribution is -0.127. The van der Waals surface area contributed by atoms with Crippen LogP contribution in [0, 0.1) is 0 Å². The molecule has 0 aromatic heterocycles. The van der Waals surface area contributed by atoms with Crippen LogP contribution in [0.3, 0.4) is 0 Å². The minimum atomic E-state index is -0.430. The Labute approximate surface area is 137 Å². The van der Waals surface area contributed by atoms with E-state index in [9.17, 15) is 4.79 Å². The molecule has 1 unspecified atom stereocenters. The van der Waals surface area contributed by atoms with E-state index >= 15 is 0 Å². The molecule has 6 heteroatoms. The SMILES string of the molecule is CCC1(C(=O)NCc2cc(OC)c(OC)c(OC)c2)CCCN1. The minimum absolute atomic E-state index is 0.0475. The van der Waals surface area contributed by atoms with Crippen molar-refractivity contribution in [3.63, 3.8) is 0 Å². The van der Waals surface area contributed by atoms with Gasteiger partial charge in [0, 0.05) is 6.54 Å². The van der Waals surface area contributed by atoms with Crippen LogP contribution >= 0.6 is 0 Å². The fourth-order valence-corrected chi connectivity index (χ4v) is 3.05. The molecule has 1 aromatic carbocycles. The Morgan fingerprint density at radius 2 is 1.87 bits per heavy atom. The molecule has 2 N–H and O–H groups in total. The fraction of sp³-hybridized carbons (Fsp3) is 0.588. The molecule has 0 saturated carbocycles. The lowest BCUT2D eigenvalue weighted by atomic mass is 9.93. The number of carbonyl (C=O) groups is 1. The second-order valence-electron chi connectivity index (χ2n) is 5.68. The van der Waals surface area contributed by atoms with Gasteiger partial charge in [0.2, 0.25) is 11.7 Å². The summed E-state index contributed by atoms with van der Waals surface area (Å²) in [6, 6.07) is 3.70. The van der Waals surface area contributed by atoms with Gasteiger partial charge in [-0.3, -0.25) is 4.79 Å². The van der Waals surface area contributed by atoms with Gasteiger partial charge in [-0.2, -0.15) is 0 Å². The van der Waals surface area contributed by atoms with Gasteiger partial charge in [0.1, 0.15) is 0 Å². The number of amides is 1. The van der Waals surface area contributed by atoms with Crippen LogP contribution < -0.4 is 24.8 Å². The summed E-state index contributed by atoms with van der Waals surface area (Å²) in [5.41, 5.74) is 0.470. The highest BCUT2D eigenvalue weighted by Crippen LogP contribution is 2.38. The molecule has 1 amide bonds. The first-order valence-electron chi connectivity index (χ1n) is 7.92. The van der Waals surface area contributed by atoms with Crippen LogP contribution in [-0.4, -0.2) is 39.3 Å². The van der Waals surface area contributed by atoms with Gasteiger partial charge in [-0.1, -0.05) is 6.92 Å². The lowest BCUT2D eigenvalue weighted by Gasteiger charge is -2.26. The summed E-state index contributed by atoms with van der Waals surface area (Å²) in [5.74, 6) is 1.76. The summed E-state index contributed by atoms with van der Waals surface area (Å²) in [4.78, 5) is 12.5. The molecule has 23 heavy (non-hydrogen) atoms. The summed E-state index contributed by atoms with van der Waals surface area (Å²) < 4.78 is 16.0. The van der Waals surface area contributed by atoms with Crippen LogP contribution in [0.15, 0.2) is 12.1 Å². The van der Waals surface area contributed by atoms with Crippen molar-refractivity contribution in [2.24, 2.45) is 0 Å². The molecule has 2 rings (SSSR count). The van der Waals surface area contributed by atoms with Gasteiger partial charge in [0.05, 0.1) is 26.9 Å². The quantitative estimate of drug-likeness (QED) is 0.802. The van der Waals surface area contributed by atoms with Crippen LogP contribution in [0.4, 0.5) is 0 Å². The molecule has 1 saturated heterocycles. The first-order valence-corrected chi connectivity index (χ1v) is 7.92. The third-order valence-corrected chi connectivity index (χ3v) is 4.46. The van der Waals surface area contributed by atoms with Crippen molar-refractivity contribution in [3.05, 3.63) is 17.7 Å². The van der Waals surface area contributed by atoms with E-state index in [1.807, 2.05) is 19.1 Å². The zero-order chi connectivity index (χ0) is 16.9. The van der Waals surface area contributed by atoms with E-state index < -0.39 is 5.54 Å². The summed E-state index contributed by atoms with van der Waals surface area (Å²) >= 11 is 0. The van der Waals surface area contributed by atoms with E-state index in [4.69, 9.17) is 14.2 Å². The van der Waals surface area contributed by atoms with Crippen molar-refractivity contribution in [3.8, 4) is 17.2 Å². The van der Waals surface area contributed by atoms with Crippen molar-refractivity contribution in [1.82, 2.24) is 10.6 Å². The number of hydrogen-bond donors (Lipinski definition) is 2. The summed E-state index contributed by atoms with van der Waals surface area (Å²) in [6.07, 6.45) is 2.70. The Hall–Kier alpha value is -1.95. The Morgan fingerprint density at radius 1 is 1.22 bits per heavy atom. The Morgan fingerprint density at radius 3 is 2.30 bits per heavy atom. The van der Waals surface area contributed by atoms with Crippen molar-refractivity contribution in [2.45, 2.75) is 38.3 Å². The monoisotopic (exact) mass is 322 g/mol. The van der Waals surface area contributed by atoms with Crippen molar-refractivity contribution in [1.29, 1.82) is 0 Å². The highest BCUT2D eigenvalue weighted by molar-refractivity contribution is 5.86. The lowest BCUT2D eigenvalue weighted by Crippen LogP contribution is -2.52. The minimum Gasteiger partial charge on any atom is -0.493 e. The first kappa shape index (κ1) is 17.4. The zero-order valence-electron chi connectivity index (χ0n) is 14.3. The van der Waals surface area contributed by atoms with Crippen LogP contribution in [-0.2, 0) is 11.3 Å². The van der Waals surface area contributed by atoms with Gasteiger partial charge < -0.3 is 24.8 Å². The average Bonchev–Trinajstić information content (AvgIpc) is 3.08. The molecule has 0 bridgehead atoms. The normalized spacial score (nSPS) is 20.2. The molecule has 0 spiro atoms. The summed E-state index contributed by atoms with van der Waals surface area (Å²) in [5, 5.41) is 6.36. The van der Waals surface area contributed by atoms with Crippen molar-refractivity contribution >= 4 is 5.91 Å². The highest BCUT2D eigenvalue weighted by atomic mass is 16.5. The zero-order valence-corrected chi connectivity index (χ0v) is 14.3. The maximum atomic E-state index is 12.5. The molecule has 1 aliphatic rings. The van der Waals surface area contributed by atoms with Crippen LogP contribution in [0.25, 0.3) is 0 Å². The molecule has 1 heterocycles. The van der Waals surface area contributed by atoms with Gasteiger partial charge in [-0.25, -0.2) is 0 Å². The van der Waals surface area contributed by atoms with E-state index in [1.54, 1.807) is 21.3 Å². The number of benzene rings is 1. The van der Waals surface area contributed by atoms with Gasteiger partial charge in [0.15, 0.2) is 11.5 Å². The fourth-order valence-electron chi connectivity index (χ4n) is 3.05. The standard InChI is InChI=1S/C17H26N2O4/c1-5-17(7-6-8-19-17)16(20)18-11-12-9-13(21-2)15(23-4)14(10-12)22-3/h9-10,19H,5-8,11H2,1-4H3,(H,18,20). The molecule has 1 atom stereocenters. The van der Waals surface area contributed by atoms with Gasteiger partial charge >= 0.3 is 0 Å². The molecular formula is C17H26N2O4. The molecule has 1 fully saturated rings. The predicted octanol–water partition coefficient (Wildman–Crippen LogP) is 1.86. The molecular weight excluding hydrogens is 296 g/mol. The maximum Gasteiger partial charge on any atom is 0.240 e. The number of ether oxygens (including phenoxy) is 3. The van der Waals surface area contributed by atoms with E-state index in [0.717, 1.165) is 31.4 Å². The van der Waals surface area contributed by atoms with Gasteiger partial charge in [-0.05, 0) is 43.5 Å². The van der Waals surface area contributed by atoms with E-state index in [1.165, 1.54) is 0 Å². The number of rotatable bonds is 7. The Balaban J connectivity index is 2.12. The van der Waals surface area contributed by atoms with Crippen LogP contribution in [0.5, 0.6) is 17.2 Å². The summed E-state index contributed by atoms with van der Waals surface area (Å²) in [7, 11) is 4.72. The number of hydrogen-bond acceptors (Lipinski definition) is 5. The molecule has 1 aliphatic heterocycles. The maximum absolute atomic E-state index is 12.5. The Bertz CT molecular complexity index is 529. The molecule has 1 aromatic rings. The second kappa shape index (κ2) is 7.55. The third-order valence-electron chi connectivity index (χ3n) is 4.46. The second-order valence-corrected chi connectivity index (χ2v) is 5.68. The third kappa shape index (κ3) is 3.52. The first-order chi connectivity index (χ1) is 11.1. The summed E-state index contributed by atoms with van der Waals surface area (Å²) in [6.45, 7) is 3.35. The number of methoxy groups -OCH3 is 3. The topological polar surface area (TPSA) is 68.8 Å². The Kier molecular flexibility index (Phi) is 5.71. The van der Waals surface area contributed by atoms with Crippen LogP contribution in [0.1, 0.15) is 31.7 Å². The molecule has 128 valence electrons.